The third-order valence-electron chi connectivity index (χ3n) is 2.82. The first-order valence-corrected chi connectivity index (χ1v) is 6.26. The summed E-state index contributed by atoms with van der Waals surface area (Å²) in [5.41, 5.74) is 1.14. The van der Waals surface area contributed by atoms with E-state index >= 15 is 0 Å². The molecule has 0 atom stereocenters. The molecule has 18 heavy (non-hydrogen) atoms. The van der Waals surface area contributed by atoms with Gasteiger partial charge in [0, 0.05) is 31.9 Å². The average Bonchev–Trinajstić information content (AvgIpc) is 2.91. The summed E-state index contributed by atoms with van der Waals surface area (Å²) < 4.78 is 2.09. The van der Waals surface area contributed by atoms with Crippen LogP contribution >= 0.6 is 0 Å². The van der Waals surface area contributed by atoms with Crippen LogP contribution in [0.3, 0.4) is 0 Å². The summed E-state index contributed by atoms with van der Waals surface area (Å²) in [4.78, 5) is 11.6. The molecule has 1 N–H and O–H groups in total. The Morgan fingerprint density at radius 1 is 1.06 bits per heavy atom. The summed E-state index contributed by atoms with van der Waals surface area (Å²) in [5.74, 6) is 0.117. The van der Waals surface area contributed by atoms with Gasteiger partial charge < -0.3 is 9.88 Å². The van der Waals surface area contributed by atoms with Crippen LogP contribution in [0.2, 0.25) is 0 Å². The van der Waals surface area contributed by atoms with Gasteiger partial charge in [-0.05, 0) is 24.1 Å². The molecule has 1 amide bonds. The highest BCUT2D eigenvalue weighted by Gasteiger charge is 2.01. The quantitative estimate of drug-likeness (QED) is 0.830. The lowest BCUT2D eigenvalue weighted by Gasteiger charge is -2.06. The number of amides is 1. The minimum Gasteiger partial charge on any atom is -0.354 e. The summed E-state index contributed by atoms with van der Waals surface area (Å²) in [6.07, 6.45) is 5.48. The highest BCUT2D eigenvalue weighted by molar-refractivity contribution is 5.75. The maximum atomic E-state index is 11.6. The Labute approximate surface area is 107 Å². The largest absolute Gasteiger partial charge is 0.354 e. The van der Waals surface area contributed by atoms with Crippen molar-refractivity contribution in [2.45, 2.75) is 25.9 Å². The standard InChI is InChI=1S/C15H18N2O/c18-15(9-6-12-17-10-4-5-11-17)16-13-14-7-2-1-3-8-14/h1-5,7-8,10-11H,6,9,12-13H2,(H,16,18). The number of benzene rings is 1. The average molecular weight is 242 g/mol. The van der Waals surface area contributed by atoms with E-state index in [4.69, 9.17) is 0 Å². The molecule has 2 rings (SSSR count). The normalized spacial score (nSPS) is 10.2. The third kappa shape index (κ3) is 4.09. The van der Waals surface area contributed by atoms with E-state index in [2.05, 4.69) is 9.88 Å². The van der Waals surface area contributed by atoms with Crippen LogP contribution in [0.4, 0.5) is 0 Å². The molecule has 0 saturated carbocycles. The maximum Gasteiger partial charge on any atom is 0.220 e. The van der Waals surface area contributed by atoms with Crippen LogP contribution in [0.5, 0.6) is 0 Å². The van der Waals surface area contributed by atoms with Gasteiger partial charge in [0.25, 0.3) is 0 Å². The number of nitrogens with one attached hydrogen (secondary N) is 1. The predicted molar refractivity (Wildman–Crippen MR) is 72.0 cm³/mol. The van der Waals surface area contributed by atoms with Crippen molar-refractivity contribution < 1.29 is 4.79 Å². The van der Waals surface area contributed by atoms with Gasteiger partial charge in [0.05, 0.1) is 0 Å². The van der Waals surface area contributed by atoms with Crippen molar-refractivity contribution >= 4 is 5.91 Å². The van der Waals surface area contributed by atoms with Gasteiger partial charge in [-0.15, -0.1) is 0 Å². The molecule has 94 valence electrons. The van der Waals surface area contributed by atoms with Crippen LogP contribution < -0.4 is 5.32 Å². The first kappa shape index (κ1) is 12.4. The number of carbonyl (C=O) groups is 1. The van der Waals surface area contributed by atoms with Crippen LogP contribution in [0.1, 0.15) is 18.4 Å². The molecule has 0 fully saturated rings. The van der Waals surface area contributed by atoms with Crippen molar-refractivity contribution in [2.75, 3.05) is 0 Å². The fourth-order valence-corrected chi connectivity index (χ4v) is 1.83. The molecular weight excluding hydrogens is 224 g/mol. The van der Waals surface area contributed by atoms with E-state index in [1.807, 2.05) is 54.9 Å². The molecule has 2 aromatic rings. The molecular formula is C15H18N2O. The first-order chi connectivity index (χ1) is 8.84. The van der Waals surface area contributed by atoms with Crippen molar-refractivity contribution in [3.8, 4) is 0 Å². The molecule has 0 radical (unpaired) electrons. The van der Waals surface area contributed by atoms with Crippen molar-refractivity contribution in [2.24, 2.45) is 0 Å². The van der Waals surface area contributed by atoms with E-state index in [9.17, 15) is 4.79 Å². The molecule has 0 aliphatic heterocycles. The van der Waals surface area contributed by atoms with Crippen molar-refractivity contribution in [3.63, 3.8) is 0 Å². The molecule has 0 unspecified atom stereocenters. The zero-order chi connectivity index (χ0) is 12.6. The predicted octanol–water partition coefficient (Wildman–Crippen LogP) is 2.58. The van der Waals surface area contributed by atoms with Gasteiger partial charge >= 0.3 is 0 Å². The highest BCUT2D eigenvalue weighted by atomic mass is 16.1. The van der Waals surface area contributed by atoms with Gasteiger partial charge in [-0.3, -0.25) is 4.79 Å². The molecule has 1 heterocycles. The van der Waals surface area contributed by atoms with Crippen LogP contribution in [0, 0.1) is 0 Å². The molecule has 1 aromatic carbocycles. The van der Waals surface area contributed by atoms with Crippen LogP contribution in [0.25, 0.3) is 0 Å². The Kier molecular flexibility index (Phi) is 4.59. The van der Waals surface area contributed by atoms with Crippen molar-refractivity contribution in [1.82, 2.24) is 9.88 Å². The summed E-state index contributed by atoms with van der Waals surface area (Å²) >= 11 is 0. The molecule has 1 aromatic heterocycles. The van der Waals surface area contributed by atoms with Gasteiger partial charge in [-0.2, -0.15) is 0 Å². The van der Waals surface area contributed by atoms with Crippen LogP contribution in [-0.4, -0.2) is 10.5 Å². The fourth-order valence-electron chi connectivity index (χ4n) is 1.83. The minimum absolute atomic E-state index is 0.117. The zero-order valence-corrected chi connectivity index (χ0v) is 10.4. The molecule has 0 aliphatic rings. The zero-order valence-electron chi connectivity index (χ0n) is 10.4. The van der Waals surface area contributed by atoms with E-state index in [1.165, 1.54) is 0 Å². The molecule has 0 spiro atoms. The minimum atomic E-state index is 0.117. The second-order valence-corrected chi connectivity index (χ2v) is 4.29. The number of hydrogen-bond acceptors (Lipinski definition) is 1. The number of hydrogen-bond donors (Lipinski definition) is 1. The van der Waals surface area contributed by atoms with Crippen LogP contribution in [0.15, 0.2) is 54.9 Å². The van der Waals surface area contributed by atoms with Gasteiger partial charge in [-0.1, -0.05) is 30.3 Å². The third-order valence-corrected chi connectivity index (χ3v) is 2.82. The number of rotatable bonds is 6. The number of carbonyl (C=O) groups excluding carboxylic acids is 1. The Morgan fingerprint density at radius 2 is 1.78 bits per heavy atom. The van der Waals surface area contributed by atoms with Crippen molar-refractivity contribution in [1.29, 1.82) is 0 Å². The van der Waals surface area contributed by atoms with Crippen molar-refractivity contribution in [3.05, 3.63) is 60.4 Å². The molecule has 3 heteroatoms. The lowest BCUT2D eigenvalue weighted by molar-refractivity contribution is -0.121. The van der Waals surface area contributed by atoms with Gasteiger partial charge in [0.2, 0.25) is 5.91 Å². The molecule has 0 saturated heterocycles. The topological polar surface area (TPSA) is 34.0 Å². The lowest BCUT2D eigenvalue weighted by atomic mass is 10.2. The van der Waals surface area contributed by atoms with E-state index in [-0.39, 0.29) is 5.91 Å². The molecule has 0 aliphatic carbocycles. The Hall–Kier alpha value is -2.03. The number of nitrogens with zero attached hydrogens (tertiary/aromatic N) is 1. The molecule has 3 nitrogen and oxygen atoms in total. The van der Waals surface area contributed by atoms with Gasteiger partial charge in [0.1, 0.15) is 0 Å². The highest BCUT2D eigenvalue weighted by Crippen LogP contribution is 1.99. The smallest absolute Gasteiger partial charge is 0.220 e. The monoisotopic (exact) mass is 242 g/mol. The first-order valence-electron chi connectivity index (χ1n) is 6.26. The van der Waals surface area contributed by atoms with Gasteiger partial charge in [0.15, 0.2) is 0 Å². The Balaban J connectivity index is 1.63. The molecule has 0 bridgehead atoms. The fraction of sp³-hybridized carbons (Fsp3) is 0.267. The van der Waals surface area contributed by atoms with E-state index in [0.717, 1.165) is 18.5 Å². The summed E-state index contributed by atoms with van der Waals surface area (Å²) in [7, 11) is 0. The maximum absolute atomic E-state index is 11.6. The SMILES string of the molecule is O=C(CCCn1cccc1)NCc1ccccc1. The second kappa shape index (κ2) is 6.64. The number of aromatic nitrogens is 1. The Morgan fingerprint density at radius 3 is 2.50 bits per heavy atom. The summed E-state index contributed by atoms with van der Waals surface area (Å²) in [6, 6.07) is 14.0. The Bertz CT molecular complexity index is 463. The van der Waals surface area contributed by atoms with Crippen LogP contribution in [-0.2, 0) is 17.9 Å². The van der Waals surface area contributed by atoms with E-state index in [1.54, 1.807) is 0 Å². The van der Waals surface area contributed by atoms with E-state index in [0.29, 0.717) is 13.0 Å². The summed E-state index contributed by atoms with van der Waals surface area (Å²) in [5, 5.41) is 2.93. The van der Waals surface area contributed by atoms with E-state index < -0.39 is 0 Å². The summed E-state index contributed by atoms with van der Waals surface area (Å²) in [6.45, 7) is 1.51. The number of aryl methyl sites for hydroxylation is 1. The second-order valence-electron chi connectivity index (χ2n) is 4.29. The van der Waals surface area contributed by atoms with Gasteiger partial charge in [-0.25, -0.2) is 0 Å². The lowest BCUT2D eigenvalue weighted by Crippen LogP contribution is -2.22.